The van der Waals surface area contributed by atoms with Crippen LogP contribution in [-0.4, -0.2) is 25.0 Å². The zero-order chi connectivity index (χ0) is 28.0. The van der Waals surface area contributed by atoms with Gasteiger partial charge in [0.2, 0.25) is 5.76 Å². The molecule has 0 fully saturated rings. The molecule has 1 heterocycles. The molecule has 0 radical (unpaired) electrons. The van der Waals surface area contributed by atoms with E-state index in [-0.39, 0.29) is 5.70 Å². The Morgan fingerprint density at radius 1 is 0.737 bits per heavy atom. The summed E-state index contributed by atoms with van der Waals surface area (Å²) in [5.74, 6) is -2.87. The summed E-state index contributed by atoms with van der Waals surface area (Å²) in [7, 11) is 0. The number of benzene rings is 2. The van der Waals surface area contributed by atoms with E-state index in [0.29, 0.717) is 0 Å². The van der Waals surface area contributed by atoms with E-state index >= 15 is 0 Å². The van der Waals surface area contributed by atoms with E-state index in [1.807, 2.05) is 92.8 Å². The maximum atomic E-state index is 10.7. The Morgan fingerprint density at radius 3 is 2.08 bits per heavy atom. The molecule has 0 bridgehead atoms. The molecular formula is C33H33NO4. The smallest absolute Gasteiger partial charge is 0.206 e. The molecule has 38 heavy (non-hydrogen) atoms. The second kappa shape index (κ2) is 11.9. The van der Waals surface area contributed by atoms with Crippen LogP contribution in [0.5, 0.6) is 0 Å². The SMILES string of the molecule is C=C(/C=C\C=C/C)C(=C)/C=C(\C=C/C)c1ccc2c(c1)c1ccccc1n2C(=C)/C(O)=C(O)\C(O)=C(/C)O. The van der Waals surface area contributed by atoms with Crippen LogP contribution in [0.2, 0.25) is 0 Å². The molecule has 0 saturated carbocycles. The third-order valence-corrected chi connectivity index (χ3v) is 6.03. The molecule has 0 aliphatic heterocycles. The van der Waals surface area contributed by atoms with Gasteiger partial charge in [0.15, 0.2) is 11.5 Å². The Labute approximate surface area is 223 Å². The molecule has 0 amide bonds. The standard InChI is InChI=1S/C33H33NO4/c1-7-9-10-14-21(3)22(4)19-25(13-8-2)26-17-18-30-28(20-26)27-15-11-12-16-29(27)34(30)23(5)31(36)33(38)32(37)24(6)35/h7-20,35-38H,3-5H2,1-2,6H3/b9-7-,13-8-,14-10-,25-19+,32-24-,33-31-. The van der Waals surface area contributed by atoms with Crippen molar-refractivity contribution in [2.45, 2.75) is 20.8 Å². The normalized spacial score (nSPS) is 14.0. The van der Waals surface area contributed by atoms with Crippen molar-refractivity contribution in [1.29, 1.82) is 0 Å². The second-order valence-corrected chi connectivity index (χ2v) is 8.70. The van der Waals surface area contributed by atoms with Crippen LogP contribution >= 0.6 is 0 Å². The van der Waals surface area contributed by atoms with Crippen molar-refractivity contribution in [3.8, 4) is 0 Å². The van der Waals surface area contributed by atoms with Crippen LogP contribution in [0.1, 0.15) is 26.3 Å². The number of para-hydroxylation sites is 1. The lowest BCUT2D eigenvalue weighted by Crippen LogP contribution is -2.04. The molecule has 0 aliphatic rings. The average molecular weight is 508 g/mol. The first-order valence-electron chi connectivity index (χ1n) is 12.1. The van der Waals surface area contributed by atoms with E-state index in [1.165, 1.54) is 6.92 Å². The largest absolute Gasteiger partial charge is 0.509 e. The van der Waals surface area contributed by atoms with Gasteiger partial charge in [-0.25, -0.2) is 0 Å². The predicted octanol–water partition coefficient (Wildman–Crippen LogP) is 9.14. The highest BCUT2D eigenvalue weighted by Gasteiger charge is 2.20. The zero-order valence-corrected chi connectivity index (χ0v) is 21.9. The van der Waals surface area contributed by atoms with Gasteiger partial charge in [-0.1, -0.05) is 80.5 Å². The van der Waals surface area contributed by atoms with Crippen molar-refractivity contribution in [1.82, 2.24) is 4.57 Å². The van der Waals surface area contributed by atoms with Crippen molar-refractivity contribution >= 4 is 33.1 Å². The molecule has 4 N–H and O–H groups in total. The van der Waals surface area contributed by atoms with Crippen LogP contribution in [-0.2, 0) is 0 Å². The number of aliphatic hydroxyl groups excluding tert-OH is 4. The Kier molecular flexibility index (Phi) is 8.66. The molecule has 194 valence electrons. The van der Waals surface area contributed by atoms with Gasteiger partial charge in [0, 0.05) is 10.8 Å². The number of aliphatic hydroxyl groups is 4. The highest BCUT2D eigenvalue weighted by molar-refractivity contribution is 6.11. The summed E-state index contributed by atoms with van der Waals surface area (Å²) < 4.78 is 1.70. The van der Waals surface area contributed by atoms with Crippen LogP contribution in [0, 0.1) is 0 Å². The monoisotopic (exact) mass is 507 g/mol. The lowest BCUT2D eigenvalue weighted by Gasteiger charge is -2.13. The fourth-order valence-corrected chi connectivity index (χ4v) is 4.05. The molecule has 0 atom stereocenters. The van der Waals surface area contributed by atoms with Gasteiger partial charge >= 0.3 is 0 Å². The van der Waals surface area contributed by atoms with Crippen LogP contribution in [0.3, 0.4) is 0 Å². The molecule has 5 nitrogen and oxygen atoms in total. The number of hydrogen-bond donors (Lipinski definition) is 4. The van der Waals surface area contributed by atoms with Gasteiger partial charge in [0.25, 0.3) is 0 Å². The molecule has 1 aromatic heterocycles. The van der Waals surface area contributed by atoms with E-state index in [2.05, 4.69) is 25.8 Å². The third kappa shape index (κ3) is 5.57. The molecule has 0 spiro atoms. The van der Waals surface area contributed by atoms with Crippen molar-refractivity contribution in [3.63, 3.8) is 0 Å². The van der Waals surface area contributed by atoms with Crippen molar-refractivity contribution in [3.05, 3.63) is 144 Å². The van der Waals surface area contributed by atoms with E-state index in [0.717, 1.165) is 44.1 Å². The summed E-state index contributed by atoms with van der Waals surface area (Å²) in [6.07, 6.45) is 13.7. The lowest BCUT2D eigenvalue weighted by molar-refractivity contribution is 0.264. The fourth-order valence-electron chi connectivity index (χ4n) is 4.05. The summed E-state index contributed by atoms with van der Waals surface area (Å²) in [6.45, 7) is 17.4. The molecular weight excluding hydrogens is 474 g/mol. The topological polar surface area (TPSA) is 85.9 Å². The maximum absolute atomic E-state index is 10.7. The molecule has 0 saturated heterocycles. The fraction of sp³-hybridized carbons (Fsp3) is 0.0909. The van der Waals surface area contributed by atoms with Crippen LogP contribution < -0.4 is 0 Å². The highest BCUT2D eigenvalue weighted by atomic mass is 16.3. The molecule has 3 aromatic rings. The van der Waals surface area contributed by atoms with Crippen LogP contribution in [0.4, 0.5) is 0 Å². The zero-order valence-electron chi connectivity index (χ0n) is 21.9. The van der Waals surface area contributed by atoms with E-state index in [1.54, 1.807) is 4.57 Å². The van der Waals surface area contributed by atoms with Gasteiger partial charge in [-0.15, -0.1) is 0 Å². The maximum Gasteiger partial charge on any atom is 0.206 e. The Morgan fingerprint density at radius 2 is 1.42 bits per heavy atom. The van der Waals surface area contributed by atoms with Gasteiger partial charge in [-0.3, -0.25) is 0 Å². The summed E-state index contributed by atoms with van der Waals surface area (Å²) in [5, 5.41) is 42.3. The van der Waals surface area contributed by atoms with E-state index in [4.69, 9.17) is 0 Å². The number of allylic oxidation sites excluding steroid dienone is 12. The van der Waals surface area contributed by atoms with Gasteiger partial charge in [0.05, 0.1) is 16.7 Å². The molecule has 2 aromatic carbocycles. The average Bonchev–Trinajstić information content (AvgIpc) is 3.24. The molecule has 0 unspecified atom stereocenters. The first-order chi connectivity index (χ1) is 18.1. The minimum Gasteiger partial charge on any atom is -0.509 e. The Hall–Kier alpha value is -4.90. The minimum absolute atomic E-state index is 0.0380. The van der Waals surface area contributed by atoms with Gasteiger partial charge in [0.1, 0.15) is 5.76 Å². The van der Waals surface area contributed by atoms with Crippen molar-refractivity contribution in [2.75, 3.05) is 0 Å². The summed E-state index contributed by atoms with van der Waals surface area (Å²) >= 11 is 0. The van der Waals surface area contributed by atoms with Crippen molar-refractivity contribution < 1.29 is 20.4 Å². The number of hydrogen-bond acceptors (Lipinski definition) is 4. The Balaban J connectivity index is 2.20. The summed E-state index contributed by atoms with van der Waals surface area (Å²) in [5.41, 5.74) is 5.01. The molecule has 5 heteroatoms. The summed E-state index contributed by atoms with van der Waals surface area (Å²) in [6, 6.07) is 13.5. The number of fused-ring (bicyclic) bond motifs is 3. The molecule has 0 aliphatic carbocycles. The lowest BCUT2D eigenvalue weighted by atomic mass is 9.98. The quantitative estimate of drug-likeness (QED) is 0.172. The predicted molar refractivity (Wildman–Crippen MR) is 160 cm³/mol. The first kappa shape index (κ1) is 27.7. The van der Waals surface area contributed by atoms with E-state index in [9.17, 15) is 20.4 Å². The highest BCUT2D eigenvalue weighted by Crippen LogP contribution is 2.36. The second-order valence-electron chi connectivity index (χ2n) is 8.70. The van der Waals surface area contributed by atoms with Crippen LogP contribution in [0.15, 0.2) is 139 Å². The summed E-state index contributed by atoms with van der Waals surface area (Å²) in [4.78, 5) is 0. The van der Waals surface area contributed by atoms with Gasteiger partial charge in [-0.2, -0.15) is 0 Å². The van der Waals surface area contributed by atoms with Gasteiger partial charge in [-0.05, 0) is 67.3 Å². The number of aromatic nitrogens is 1. The Bertz CT molecular complexity index is 1610. The third-order valence-electron chi connectivity index (χ3n) is 6.03. The number of nitrogens with zero attached hydrogens (tertiary/aromatic N) is 1. The minimum atomic E-state index is -0.863. The van der Waals surface area contributed by atoms with Gasteiger partial charge < -0.3 is 25.0 Å². The van der Waals surface area contributed by atoms with Crippen molar-refractivity contribution in [2.24, 2.45) is 0 Å². The number of rotatable bonds is 9. The molecule has 3 rings (SSSR count). The first-order valence-corrected chi connectivity index (χ1v) is 12.1. The van der Waals surface area contributed by atoms with E-state index < -0.39 is 23.0 Å². The van der Waals surface area contributed by atoms with Crippen LogP contribution in [0.25, 0.3) is 33.1 Å².